The second-order valence-electron chi connectivity index (χ2n) is 4.97. The molecule has 1 unspecified atom stereocenters. The highest BCUT2D eigenvalue weighted by Gasteiger charge is 2.24. The third-order valence-electron chi connectivity index (χ3n) is 3.73. The van der Waals surface area contributed by atoms with E-state index in [9.17, 15) is 0 Å². The van der Waals surface area contributed by atoms with Crippen LogP contribution < -0.4 is 0 Å². The van der Waals surface area contributed by atoms with E-state index in [1.54, 1.807) is 12.7 Å². The van der Waals surface area contributed by atoms with Gasteiger partial charge in [-0.15, -0.1) is 0 Å². The van der Waals surface area contributed by atoms with Crippen molar-refractivity contribution in [3.63, 3.8) is 0 Å². The maximum Gasteiger partial charge on any atom is 0.137 e. The van der Waals surface area contributed by atoms with Gasteiger partial charge in [0, 0.05) is 18.1 Å². The Morgan fingerprint density at radius 3 is 2.95 bits per heavy atom. The van der Waals surface area contributed by atoms with Gasteiger partial charge in [-0.05, 0) is 30.5 Å². The summed E-state index contributed by atoms with van der Waals surface area (Å²) in [5, 5.41) is 5.02. The van der Waals surface area contributed by atoms with Gasteiger partial charge in [0.25, 0.3) is 0 Å². The van der Waals surface area contributed by atoms with E-state index in [2.05, 4.69) is 27.1 Å². The monoisotopic (exact) mass is 276 g/mol. The molecule has 0 amide bonds. The molecule has 1 saturated heterocycles. The molecular weight excluding hydrogens is 260 g/mol. The maximum absolute atomic E-state index is 6.27. The summed E-state index contributed by atoms with van der Waals surface area (Å²) in [5.41, 5.74) is 1.28. The highest BCUT2D eigenvalue weighted by atomic mass is 35.5. The van der Waals surface area contributed by atoms with E-state index in [4.69, 9.17) is 11.6 Å². The molecule has 1 aromatic heterocycles. The summed E-state index contributed by atoms with van der Waals surface area (Å²) in [5.74, 6) is 0.560. The van der Waals surface area contributed by atoms with E-state index in [-0.39, 0.29) is 0 Å². The topological polar surface area (TPSA) is 34.0 Å². The van der Waals surface area contributed by atoms with E-state index in [1.165, 1.54) is 12.0 Å². The maximum atomic E-state index is 6.27. The minimum absolute atomic E-state index is 0.560. The number of likely N-dealkylation sites (tertiary alicyclic amines) is 1. The molecule has 1 fully saturated rings. The Morgan fingerprint density at radius 1 is 1.26 bits per heavy atom. The Labute approximate surface area is 118 Å². The minimum Gasteiger partial charge on any atom is -0.301 e. The molecule has 1 aromatic carbocycles. The van der Waals surface area contributed by atoms with E-state index < -0.39 is 0 Å². The normalized spacial score (nSPS) is 19.9. The van der Waals surface area contributed by atoms with Crippen LogP contribution in [0.15, 0.2) is 36.9 Å². The zero-order valence-electron chi connectivity index (χ0n) is 10.7. The lowest BCUT2D eigenvalue weighted by molar-refractivity contribution is 0.312. The van der Waals surface area contributed by atoms with Crippen molar-refractivity contribution in [3.05, 3.63) is 47.5 Å². The largest absolute Gasteiger partial charge is 0.301 e. The summed E-state index contributed by atoms with van der Waals surface area (Å²) in [7, 11) is 0. The predicted octanol–water partition coefficient (Wildman–Crippen LogP) is 2.42. The number of benzene rings is 1. The number of aromatic nitrogens is 3. The molecule has 2 aromatic rings. The molecule has 0 saturated carbocycles. The van der Waals surface area contributed by atoms with Crippen LogP contribution >= 0.6 is 11.6 Å². The van der Waals surface area contributed by atoms with Crippen LogP contribution in [0.4, 0.5) is 0 Å². The molecule has 0 spiro atoms. The van der Waals surface area contributed by atoms with E-state index in [0.717, 1.165) is 31.2 Å². The molecule has 1 aliphatic rings. The molecule has 19 heavy (non-hydrogen) atoms. The number of hydrogen-bond donors (Lipinski definition) is 0. The quantitative estimate of drug-likeness (QED) is 0.860. The Morgan fingerprint density at radius 2 is 2.16 bits per heavy atom. The summed E-state index contributed by atoms with van der Waals surface area (Å²) in [6.07, 6.45) is 4.53. The fourth-order valence-electron chi connectivity index (χ4n) is 2.69. The molecule has 0 N–H and O–H groups in total. The van der Waals surface area contributed by atoms with Crippen LogP contribution in [-0.2, 0) is 6.54 Å². The van der Waals surface area contributed by atoms with Gasteiger partial charge in [-0.1, -0.05) is 29.8 Å². The molecule has 5 heteroatoms. The lowest BCUT2D eigenvalue weighted by Gasteiger charge is -2.16. The van der Waals surface area contributed by atoms with Crippen molar-refractivity contribution < 1.29 is 0 Å². The second-order valence-corrected chi connectivity index (χ2v) is 5.37. The zero-order chi connectivity index (χ0) is 13.1. The molecule has 4 nitrogen and oxygen atoms in total. The van der Waals surface area contributed by atoms with Crippen molar-refractivity contribution in [1.82, 2.24) is 19.7 Å². The SMILES string of the molecule is Clc1ccccc1C1CCN(CCn2cncn2)C1. The summed E-state index contributed by atoms with van der Waals surface area (Å²) in [4.78, 5) is 6.43. The van der Waals surface area contributed by atoms with Gasteiger partial charge in [-0.3, -0.25) is 4.68 Å². The van der Waals surface area contributed by atoms with Crippen LogP contribution in [0.1, 0.15) is 17.9 Å². The summed E-state index contributed by atoms with van der Waals surface area (Å²) < 4.78 is 1.88. The molecule has 3 rings (SSSR count). The average Bonchev–Trinajstić information content (AvgIpc) is 3.08. The van der Waals surface area contributed by atoms with Gasteiger partial charge < -0.3 is 4.90 Å². The van der Waals surface area contributed by atoms with Gasteiger partial charge in [0.1, 0.15) is 12.7 Å². The first-order valence-corrected chi connectivity index (χ1v) is 7.00. The lowest BCUT2D eigenvalue weighted by Crippen LogP contribution is -2.25. The zero-order valence-corrected chi connectivity index (χ0v) is 11.5. The molecule has 0 bridgehead atoms. The summed E-state index contributed by atoms with van der Waals surface area (Å²) >= 11 is 6.27. The highest BCUT2D eigenvalue weighted by Crippen LogP contribution is 2.31. The average molecular weight is 277 g/mol. The van der Waals surface area contributed by atoms with Crippen molar-refractivity contribution in [2.45, 2.75) is 18.9 Å². The summed E-state index contributed by atoms with van der Waals surface area (Å²) in [6, 6.07) is 8.19. The molecule has 0 aliphatic carbocycles. The van der Waals surface area contributed by atoms with Crippen LogP contribution in [0, 0.1) is 0 Å². The van der Waals surface area contributed by atoms with E-state index >= 15 is 0 Å². The van der Waals surface area contributed by atoms with Crippen molar-refractivity contribution in [1.29, 1.82) is 0 Å². The van der Waals surface area contributed by atoms with Crippen LogP contribution in [0.5, 0.6) is 0 Å². The second kappa shape index (κ2) is 5.72. The molecule has 1 aliphatic heterocycles. The van der Waals surface area contributed by atoms with Crippen molar-refractivity contribution in [3.8, 4) is 0 Å². The molecule has 100 valence electrons. The fourth-order valence-corrected chi connectivity index (χ4v) is 2.98. The number of rotatable bonds is 4. The first-order valence-electron chi connectivity index (χ1n) is 6.62. The van der Waals surface area contributed by atoms with Gasteiger partial charge in [0.2, 0.25) is 0 Å². The van der Waals surface area contributed by atoms with E-state index in [0.29, 0.717) is 5.92 Å². The standard InChI is InChI=1S/C14H17ClN4/c15-14-4-2-1-3-13(14)12-5-6-18(9-12)7-8-19-11-16-10-17-19/h1-4,10-12H,5-9H2. The Bertz CT molecular complexity index is 526. The highest BCUT2D eigenvalue weighted by molar-refractivity contribution is 6.31. The van der Waals surface area contributed by atoms with Gasteiger partial charge in [0.15, 0.2) is 0 Å². The van der Waals surface area contributed by atoms with Crippen LogP contribution in [0.2, 0.25) is 5.02 Å². The number of hydrogen-bond acceptors (Lipinski definition) is 3. The minimum atomic E-state index is 0.560. The van der Waals surface area contributed by atoms with Crippen LogP contribution in [-0.4, -0.2) is 39.3 Å². The van der Waals surface area contributed by atoms with Crippen molar-refractivity contribution >= 4 is 11.6 Å². The fraction of sp³-hybridized carbons (Fsp3) is 0.429. The molecule has 0 radical (unpaired) electrons. The molecule has 1 atom stereocenters. The van der Waals surface area contributed by atoms with Gasteiger partial charge >= 0.3 is 0 Å². The lowest BCUT2D eigenvalue weighted by atomic mass is 9.98. The third kappa shape index (κ3) is 2.96. The summed E-state index contributed by atoms with van der Waals surface area (Å²) in [6.45, 7) is 4.13. The van der Waals surface area contributed by atoms with Crippen LogP contribution in [0.25, 0.3) is 0 Å². The van der Waals surface area contributed by atoms with Gasteiger partial charge in [0.05, 0.1) is 6.54 Å². The van der Waals surface area contributed by atoms with E-state index in [1.807, 2.05) is 16.8 Å². The first kappa shape index (κ1) is 12.6. The van der Waals surface area contributed by atoms with Crippen LogP contribution in [0.3, 0.4) is 0 Å². The number of nitrogens with zero attached hydrogens (tertiary/aromatic N) is 4. The Balaban J connectivity index is 1.57. The smallest absolute Gasteiger partial charge is 0.137 e. The Kier molecular flexibility index (Phi) is 3.80. The third-order valence-corrected chi connectivity index (χ3v) is 4.07. The van der Waals surface area contributed by atoms with Crippen molar-refractivity contribution in [2.75, 3.05) is 19.6 Å². The number of halogens is 1. The first-order chi connectivity index (χ1) is 9.33. The van der Waals surface area contributed by atoms with Gasteiger partial charge in [-0.25, -0.2) is 4.98 Å². The van der Waals surface area contributed by atoms with Crippen molar-refractivity contribution in [2.24, 2.45) is 0 Å². The molecule has 2 heterocycles. The Hall–Kier alpha value is -1.39. The predicted molar refractivity (Wildman–Crippen MR) is 75.3 cm³/mol. The molecular formula is C14H17ClN4. The van der Waals surface area contributed by atoms with Gasteiger partial charge in [-0.2, -0.15) is 5.10 Å².